The molecular formula is C7H17ClN2O2. The van der Waals surface area contributed by atoms with Crippen LogP contribution in [0.5, 0.6) is 0 Å². The van der Waals surface area contributed by atoms with Gasteiger partial charge in [0.2, 0.25) is 0 Å². The van der Waals surface area contributed by atoms with E-state index in [1.807, 2.05) is 0 Å². The van der Waals surface area contributed by atoms with Crippen molar-refractivity contribution in [2.45, 2.75) is 32.4 Å². The summed E-state index contributed by atoms with van der Waals surface area (Å²) in [5.74, 6) is -0.444. The highest BCUT2D eigenvalue weighted by molar-refractivity contribution is 5.85. The molecule has 0 aliphatic rings. The summed E-state index contributed by atoms with van der Waals surface area (Å²) in [4.78, 5) is 11.0. The van der Waals surface area contributed by atoms with Gasteiger partial charge in [-0.25, -0.2) is 0 Å². The summed E-state index contributed by atoms with van der Waals surface area (Å²) >= 11 is 0. The van der Waals surface area contributed by atoms with E-state index in [4.69, 9.17) is 16.2 Å². The molecule has 0 aromatic carbocycles. The molecule has 0 saturated heterocycles. The van der Waals surface area contributed by atoms with Gasteiger partial charge in [0, 0.05) is 6.54 Å². The van der Waals surface area contributed by atoms with E-state index in [9.17, 15) is 4.79 Å². The van der Waals surface area contributed by atoms with Crippen LogP contribution in [0.3, 0.4) is 0 Å². The van der Waals surface area contributed by atoms with Gasteiger partial charge < -0.3 is 16.2 Å². The van der Waals surface area contributed by atoms with Crippen molar-refractivity contribution in [3.8, 4) is 0 Å². The molecule has 5 heteroatoms. The first-order chi connectivity index (χ1) is 4.87. The maximum atomic E-state index is 11.0. The second-order valence-electron chi connectivity index (χ2n) is 3.38. The molecule has 0 radical (unpaired) electrons. The number of rotatable bonds is 2. The van der Waals surface area contributed by atoms with Gasteiger partial charge in [0.15, 0.2) is 0 Å². The van der Waals surface area contributed by atoms with E-state index in [0.29, 0.717) is 0 Å². The van der Waals surface area contributed by atoms with Gasteiger partial charge in [0.05, 0.1) is 0 Å². The van der Waals surface area contributed by atoms with Gasteiger partial charge in [-0.1, -0.05) is 0 Å². The maximum absolute atomic E-state index is 11.0. The summed E-state index contributed by atoms with van der Waals surface area (Å²) < 4.78 is 4.95. The van der Waals surface area contributed by atoms with E-state index in [1.54, 1.807) is 20.8 Å². The van der Waals surface area contributed by atoms with Crippen LogP contribution in [0.4, 0.5) is 0 Å². The van der Waals surface area contributed by atoms with Gasteiger partial charge in [-0.15, -0.1) is 12.4 Å². The fourth-order valence-corrected chi connectivity index (χ4v) is 0.474. The quantitative estimate of drug-likeness (QED) is 0.612. The van der Waals surface area contributed by atoms with Gasteiger partial charge in [-0.2, -0.15) is 0 Å². The van der Waals surface area contributed by atoms with Crippen molar-refractivity contribution in [3.63, 3.8) is 0 Å². The Morgan fingerprint density at radius 1 is 1.50 bits per heavy atom. The summed E-state index contributed by atoms with van der Waals surface area (Å²) in [6.07, 6.45) is 0. The number of hydrogen-bond acceptors (Lipinski definition) is 4. The Morgan fingerprint density at radius 2 is 1.92 bits per heavy atom. The fraction of sp³-hybridized carbons (Fsp3) is 0.857. The Balaban J connectivity index is 0. The smallest absolute Gasteiger partial charge is 0.324 e. The van der Waals surface area contributed by atoms with Crippen LogP contribution in [-0.2, 0) is 9.53 Å². The third-order valence-electron chi connectivity index (χ3n) is 0.963. The highest BCUT2D eigenvalue weighted by atomic mass is 35.5. The van der Waals surface area contributed by atoms with E-state index in [0.717, 1.165) is 0 Å². The molecule has 0 rings (SSSR count). The molecule has 0 saturated carbocycles. The van der Waals surface area contributed by atoms with Crippen molar-refractivity contribution >= 4 is 18.4 Å². The lowest BCUT2D eigenvalue weighted by atomic mass is 10.2. The molecule has 0 amide bonds. The minimum Gasteiger partial charge on any atom is -0.459 e. The molecule has 1 unspecified atom stereocenters. The highest BCUT2D eigenvalue weighted by Gasteiger charge is 2.20. The van der Waals surface area contributed by atoms with Gasteiger partial charge in [0.1, 0.15) is 11.6 Å². The van der Waals surface area contributed by atoms with Crippen molar-refractivity contribution in [2.75, 3.05) is 6.54 Å². The zero-order valence-corrected chi connectivity index (χ0v) is 8.48. The molecule has 4 N–H and O–H groups in total. The standard InChI is InChI=1S/C7H16N2O2.ClH/c1-7(2,3)11-6(10)5(9)4-8;/h5H,4,8-9H2,1-3H3;1H. The molecular weight excluding hydrogens is 180 g/mol. The van der Waals surface area contributed by atoms with E-state index >= 15 is 0 Å². The monoisotopic (exact) mass is 196 g/mol. The van der Waals surface area contributed by atoms with Crippen molar-refractivity contribution in [3.05, 3.63) is 0 Å². The minimum atomic E-state index is -0.700. The summed E-state index contributed by atoms with van der Waals surface area (Å²) in [5.41, 5.74) is 10.0. The minimum absolute atomic E-state index is 0. The van der Waals surface area contributed by atoms with E-state index < -0.39 is 17.6 Å². The Hall–Kier alpha value is -0.320. The molecule has 0 bridgehead atoms. The summed E-state index contributed by atoms with van der Waals surface area (Å²) in [6, 6.07) is -0.700. The lowest BCUT2D eigenvalue weighted by Crippen LogP contribution is -2.42. The molecule has 0 fully saturated rings. The molecule has 0 heterocycles. The normalized spacial score (nSPS) is 13.1. The van der Waals surface area contributed by atoms with Gasteiger partial charge in [-0.3, -0.25) is 4.79 Å². The predicted octanol–water partition coefficient (Wildman–Crippen LogP) is 0.0359. The maximum Gasteiger partial charge on any atom is 0.324 e. The Morgan fingerprint density at radius 3 is 2.17 bits per heavy atom. The zero-order valence-electron chi connectivity index (χ0n) is 7.66. The molecule has 74 valence electrons. The third kappa shape index (κ3) is 6.39. The fourth-order valence-electron chi connectivity index (χ4n) is 0.474. The average Bonchev–Trinajstić information content (AvgIpc) is 1.82. The van der Waals surface area contributed by atoms with Gasteiger partial charge in [-0.05, 0) is 20.8 Å². The Kier molecular flexibility index (Phi) is 6.34. The van der Waals surface area contributed by atoms with Crippen molar-refractivity contribution in [1.82, 2.24) is 0 Å². The lowest BCUT2D eigenvalue weighted by Gasteiger charge is -2.21. The third-order valence-corrected chi connectivity index (χ3v) is 0.963. The van der Waals surface area contributed by atoms with Crippen LogP contribution in [0.15, 0.2) is 0 Å². The Bertz CT molecular complexity index is 145. The number of esters is 1. The van der Waals surface area contributed by atoms with Crippen molar-refractivity contribution in [1.29, 1.82) is 0 Å². The van der Waals surface area contributed by atoms with Crippen LogP contribution < -0.4 is 11.5 Å². The topological polar surface area (TPSA) is 78.3 Å². The van der Waals surface area contributed by atoms with Crippen molar-refractivity contribution < 1.29 is 9.53 Å². The first-order valence-electron chi connectivity index (χ1n) is 3.55. The van der Waals surface area contributed by atoms with Crippen LogP contribution >= 0.6 is 12.4 Å². The second kappa shape index (κ2) is 5.35. The molecule has 0 aromatic heterocycles. The number of ether oxygens (including phenoxy) is 1. The molecule has 1 atom stereocenters. The summed E-state index contributed by atoms with van der Waals surface area (Å²) in [7, 11) is 0. The average molecular weight is 197 g/mol. The van der Waals surface area contributed by atoms with Crippen LogP contribution in [0, 0.1) is 0 Å². The zero-order chi connectivity index (χ0) is 9.07. The van der Waals surface area contributed by atoms with Crippen LogP contribution in [0.25, 0.3) is 0 Å². The molecule has 12 heavy (non-hydrogen) atoms. The number of nitrogens with two attached hydrogens (primary N) is 2. The first kappa shape index (κ1) is 14.2. The summed E-state index contributed by atoms with van der Waals surface area (Å²) in [6.45, 7) is 5.48. The number of halogens is 1. The van der Waals surface area contributed by atoms with E-state index in [1.165, 1.54) is 0 Å². The number of carbonyl (C=O) groups is 1. The molecule has 0 aliphatic heterocycles. The first-order valence-corrected chi connectivity index (χ1v) is 3.55. The highest BCUT2D eigenvalue weighted by Crippen LogP contribution is 2.07. The van der Waals surface area contributed by atoms with Crippen LogP contribution in [-0.4, -0.2) is 24.2 Å². The molecule has 0 spiro atoms. The van der Waals surface area contributed by atoms with Crippen LogP contribution in [0.2, 0.25) is 0 Å². The SMILES string of the molecule is CC(C)(C)OC(=O)C(N)CN.Cl. The predicted molar refractivity (Wildman–Crippen MR) is 50.1 cm³/mol. The van der Waals surface area contributed by atoms with Crippen LogP contribution in [0.1, 0.15) is 20.8 Å². The van der Waals surface area contributed by atoms with E-state index in [2.05, 4.69) is 0 Å². The Labute approximate surface area is 79.0 Å². The van der Waals surface area contributed by atoms with E-state index in [-0.39, 0.29) is 19.0 Å². The second-order valence-corrected chi connectivity index (χ2v) is 3.38. The van der Waals surface area contributed by atoms with Gasteiger partial charge in [0.25, 0.3) is 0 Å². The number of carbonyl (C=O) groups excluding carboxylic acids is 1. The van der Waals surface area contributed by atoms with Gasteiger partial charge >= 0.3 is 5.97 Å². The summed E-state index contributed by atoms with van der Waals surface area (Å²) in [5, 5.41) is 0. The molecule has 0 aliphatic carbocycles. The lowest BCUT2D eigenvalue weighted by molar-refractivity contribution is -0.156. The molecule has 0 aromatic rings. The molecule has 4 nitrogen and oxygen atoms in total. The number of hydrogen-bond donors (Lipinski definition) is 2. The van der Waals surface area contributed by atoms with Crippen molar-refractivity contribution in [2.24, 2.45) is 11.5 Å². The largest absolute Gasteiger partial charge is 0.459 e.